The second kappa shape index (κ2) is 7.27. The van der Waals surface area contributed by atoms with E-state index >= 15 is 4.39 Å². The van der Waals surface area contributed by atoms with E-state index in [1.165, 1.54) is 23.5 Å². The van der Waals surface area contributed by atoms with Crippen molar-refractivity contribution in [1.82, 2.24) is 44.8 Å². The Labute approximate surface area is 187 Å². The van der Waals surface area contributed by atoms with Gasteiger partial charge in [0.15, 0.2) is 17.8 Å². The van der Waals surface area contributed by atoms with E-state index in [1.54, 1.807) is 16.8 Å². The number of hydrogen-bond donors (Lipinski definition) is 2. The van der Waals surface area contributed by atoms with Gasteiger partial charge in [-0.3, -0.25) is 14.9 Å². The van der Waals surface area contributed by atoms with Gasteiger partial charge < -0.3 is 9.72 Å². The summed E-state index contributed by atoms with van der Waals surface area (Å²) < 4.78 is 30.1. The highest BCUT2D eigenvalue weighted by atomic mass is 35.5. The van der Waals surface area contributed by atoms with Crippen LogP contribution in [0, 0.1) is 11.7 Å². The Morgan fingerprint density at radius 3 is 2.94 bits per heavy atom. The summed E-state index contributed by atoms with van der Waals surface area (Å²) in [5, 5.41) is 21.2. The third-order valence-electron chi connectivity index (χ3n) is 5.48. The SMILES string of the molecule is O=C(Nc1cn2cc(-c3c(Cl)c(F)c(Cn4ncnn4)c4[nH]ncc34)ncc2n1)C1CC1F. The normalized spacial score (nSPS) is 17.7. The topological polar surface area (TPSA) is 132 Å². The van der Waals surface area contributed by atoms with Gasteiger partial charge in [0, 0.05) is 22.7 Å². The van der Waals surface area contributed by atoms with Crippen LogP contribution in [0.25, 0.3) is 27.8 Å². The quantitative estimate of drug-likeness (QED) is 0.403. The summed E-state index contributed by atoms with van der Waals surface area (Å²) in [5.74, 6) is -1.45. The number of nitrogens with zero attached hydrogens (tertiary/aromatic N) is 8. The van der Waals surface area contributed by atoms with Crippen LogP contribution in [0.1, 0.15) is 12.0 Å². The van der Waals surface area contributed by atoms with Crippen molar-refractivity contribution >= 4 is 39.9 Å². The third-order valence-corrected chi connectivity index (χ3v) is 5.83. The largest absolute Gasteiger partial charge is 0.309 e. The Bertz CT molecular complexity index is 1530. The van der Waals surface area contributed by atoms with Crippen LogP contribution in [0.15, 0.2) is 31.1 Å². The zero-order valence-corrected chi connectivity index (χ0v) is 17.3. The van der Waals surface area contributed by atoms with Crippen molar-refractivity contribution < 1.29 is 13.6 Å². The maximum absolute atomic E-state index is 15.3. The van der Waals surface area contributed by atoms with Gasteiger partial charge in [0.1, 0.15) is 12.0 Å². The number of imidazole rings is 1. The summed E-state index contributed by atoms with van der Waals surface area (Å²) in [5.41, 5.74) is 1.80. The van der Waals surface area contributed by atoms with Crippen molar-refractivity contribution in [2.75, 3.05) is 5.32 Å². The summed E-state index contributed by atoms with van der Waals surface area (Å²) in [6.07, 6.45) is 6.54. The highest BCUT2D eigenvalue weighted by molar-refractivity contribution is 6.35. The van der Waals surface area contributed by atoms with Crippen LogP contribution in [0.4, 0.5) is 14.6 Å². The summed E-state index contributed by atoms with van der Waals surface area (Å²) >= 11 is 6.45. The molecule has 1 aliphatic rings. The number of nitrogens with one attached hydrogen (secondary N) is 2. The van der Waals surface area contributed by atoms with E-state index in [2.05, 4.69) is 40.9 Å². The minimum absolute atomic E-state index is 0.00228. The number of aromatic amines is 1. The molecule has 11 nitrogen and oxygen atoms in total. The molecule has 0 radical (unpaired) electrons. The van der Waals surface area contributed by atoms with Crippen molar-refractivity contribution in [2.45, 2.75) is 19.1 Å². The molecule has 6 rings (SSSR count). The van der Waals surface area contributed by atoms with Crippen molar-refractivity contribution in [3.05, 3.63) is 47.5 Å². The number of aromatic nitrogens is 9. The molecule has 1 saturated carbocycles. The van der Waals surface area contributed by atoms with Gasteiger partial charge in [-0.05, 0) is 11.6 Å². The number of carbonyl (C=O) groups excluding carboxylic acids is 1. The molecule has 33 heavy (non-hydrogen) atoms. The van der Waals surface area contributed by atoms with Gasteiger partial charge >= 0.3 is 0 Å². The van der Waals surface area contributed by atoms with Crippen molar-refractivity contribution in [3.8, 4) is 11.3 Å². The molecule has 1 aliphatic carbocycles. The van der Waals surface area contributed by atoms with Crippen molar-refractivity contribution in [2.24, 2.45) is 5.92 Å². The number of tetrazole rings is 1. The fourth-order valence-electron chi connectivity index (χ4n) is 3.72. The fraction of sp³-hybridized carbons (Fsp3) is 0.211. The molecule has 0 saturated heterocycles. The number of halogens is 3. The first-order valence-electron chi connectivity index (χ1n) is 9.83. The Hall–Kier alpha value is -4.00. The number of benzene rings is 1. The van der Waals surface area contributed by atoms with Crippen LogP contribution >= 0.6 is 11.6 Å². The van der Waals surface area contributed by atoms with Crippen LogP contribution in [-0.4, -0.2) is 56.9 Å². The van der Waals surface area contributed by atoms with Gasteiger partial charge in [-0.2, -0.15) is 9.90 Å². The Morgan fingerprint density at radius 2 is 2.18 bits per heavy atom. The Balaban J connectivity index is 1.41. The molecule has 1 aromatic carbocycles. The number of amides is 1. The number of anilines is 1. The molecule has 2 unspecified atom stereocenters. The minimum atomic E-state index is -1.10. The number of carbonyl (C=O) groups is 1. The first-order chi connectivity index (χ1) is 16.0. The van der Waals surface area contributed by atoms with E-state index in [9.17, 15) is 9.18 Å². The molecule has 1 amide bonds. The monoisotopic (exact) mass is 470 g/mol. The van der Waals surface area contributed by atoms with Gasteiger partial charge in [0.25, 0.3) is 0 Å². The maximum Gasteiger partial charge on any atom is 0.231 e. The number of fused-ring (bicyclic) bond motifs is 2. The summed E-state index contributed by atoms with van der Waals surface area (Å²) in [6.45, 7) is 0.00228. The molecule has 166 valence electrons. The van der Waals surface area contributed by atoms with Gasteiger partial charge in [0.05, 0.1) is 47.3 Å². The number of alkyl halides is 1. The molecule has 1 fully saturated rings. The average Bonchev–Trinajstić information content (AvgIpc) is 3.22. The molecule has 4 aromatic heterocycles. The lowest BCUT2D eigenvalue weighted by Gasteiger charge is -2.11. The predicted molar refractivity (Wildman–Crippen MR) is 112 cm³/mol. The van der Waals surface area contributed by atoms with E-state index in [0.717, 1.165) is 0 Å². The summed E-state index contributed by atoms with van der Waals surface area (Å²) in [7, 11) is 0. The zero-order chi connectivity index (χ0) is 22.7. The van der Waals surface area contributed by atoms with Crippen LogP contribution in [0.3, 0.4) is 0 Å². The zero-order valence-electron chi connectivity index (χ0n) is 16.6. The lowest BCUT2D eigenvalue weighted by atomic mass is 10.0. The smallest absolute Gasteiger partial charge is 0.231 e. The lowest BCUT2D eigenvalue weighted by molar-refractivity contribution is -0.117. The summed E-state index contributed by atoms with van der Waals surface area (Å²) in [4.78, 5) is 21.9. The van der Waals surface area contributed by atoms with Crippen LogP contribution in [-0.2, 0) is 11.3 Å². The van der Waals surface area contributed by atoms with E-state index in [4.69, 9.17) is 11.6 Å². The molecule has 0 spiro atoms. The number of hydrogen-bond acceptors (Lipinski definition) is 7. The third kappa shape index (κ3) is 3.28. The second-order valence-corrected chi connectivity index (χ2v) is 8.00. The number of H-pyrrole nitrogens is 1. The molecule has 0 aliphatic heterocycles. The Kier molecular flexibility index (Phi) is 4.33. The van der Waals surface area contributed by atoms with Crippen LogP contribution in [0.2, 0.25) is 5.02 Å². The molecule has 2 atom stereocenters. The molecular formula is C19H13ClF2N10O. The van der Waals surface area contributed by atoms with Crippen LogP contribution < -0.4 is 5.32 Å². The maximum atomic E-state index is 15.3. The predicted octanol–water partition coefficient (Wildman–Crippen LogP) is 2.40. The van der Waals surface area contributed by atoms with Gasteiger partial charge in [-0.25, -0.2) is 13.8 Å². The fourth-order valence-corrected chi connectivity index (χ4v) is 4.03. The van der Waals surface area contributed by atoms with Crippen molar-refractivity contribution in [3.63, 3.8) is 0 Å². The molecular weight excluding hydrogens is 458 g/mol. The highest BCUT2D eigenvalue weighted by Gasteiger charge is 2.43. The molecule has 5 aromatic rings. The molecule has 14 heteroatoms. The van der Waals surface area contributed by atoms with Gasteiger partial charge in [0.2, 0.25) is 5.91 Å². The highest BCUT2D eigenvalue weighted by Crippen LogP contribution is 2.38. The standard InChI is InChI=1S/C19H13ClF2N10O/c20-16-15(9-2-24-29-18(9)10(17(16)22)4-32-26-7-25-30-32)12-5-31-6-13(27-14(31)3-23-12)28-19(33)8-1-11(8)21/h2-3,5-8,11H,1,4H2,(H,24,29)(H,28,33). The molecule has 4 heterocycles. The first kappa shape index (κ1) is 19.7. The van der Waals surface area contributed by atoms with E-state index < -0.39 is 23.8 Å². The molecule has 2 N–H and O–H groups in total. The minimum Gasteiger partial charge on any atom is -0.309 e. The molecule has 0 bridgehead atoms. The second-order valence-electron chi connectivity index (χ2n) is 7.62. The summed E-state index contributed by atoms with van der Waals surface area (Å²) in [6, 6.07) is 0. The lowest BCUT2D eigenvalue weighted by Crippen LogP contribution is -2.15. The van der Waals surface area contributed by atoms with E-state index in [-0.39, 0.29) is 29.4 Å². The van der Waals surface area contributed by atoms with Gasteiger partial charge in [-0.15, -0.1) is 10.2 Å². The van der Waals surface area contributed by atoms with Crippen molar-refractivity contribution in [1.29, 1.82) is 0 Å². The first-order valence-corrected chi connectivity index (χ1v) is 10.2. The average molecular weight is 471 g/mol. The van der Waals surface area contributed by atoms with E-state index in [1.807, 2.05) is 0 Å². The van der Waals surface area contributed by atoms with Crippen LogP contribution in [0.5, 0.6) is 0 Å². The number of rotatable bonds is 5. The van der Waals surface area contributed by atoms with E-state index in [0.29, 0.717) is 27.8 Å². The Morgan fingerprint density at radius 1 is 1.33 bits per heavy atom. The van der Waals surface area contributed by atoms with Gasteiger partial charge in [-0.1, -0.05) is 11.6 Å².